The van der Waals surface area contributed by atoms with Gasteiger partial charge >= 0.3 is 0 Å². The Bertz CT molecular complexity index is 410. The van der Waals surface area contributed by atoms with Crippen molar-refractivity contribution in [2.75, 3.05) is 18.6 Å². The lowest BCUT2D eigenvalue weighted by molar-refractivity contribution is 0.270. The Morgan fingerprint density at radius 3 is 2.42 bits per heavy atom. The summed E-state index contributed by atoms with van der Waals surface area (Å²) in [5.74, 6) is 0. The highest BCUT2D eigenvalue weighted by Gasteiger charge is 2.12. The topological polar surface area (TPSA) is 35.5 Å². The van der Waals surface area contributed by atoms with E-state index in [0.29, 0.717) is 0 Å². The number of hydrogen-bond donors (Lipinski definition) is 2. The molecular weight excluding hydrogens is 236 g/mol. The predicted molar refractivity (Wildman–Crippen MR) is 82.7 cm³/mol. The van der Waals surface area contributed by atoms with Gasteiger partial charge in [-0.25, -0.2) is 0 Å². The first-order valence-electron chi connectivity index (χ1n) is 6.93. The molecule has 108 valence electrons. The molecule has 0 aliphatic heterocycles. The van der Waals surface area contributed by atoms with Crippen molar-refractivity contribution in [3.05, 3.63) is 29.3 Å². The van der Waals surface area contributed by atoms with Crippen LogP contribution in [0.1, 0.15) is 38.8 Å². The predicted octanol–water partition coefficient (Wildman–Crippen LogP) is 2.70. The third-order valence-corrected chi connectivity index (χ3v) is 3.39. The minimum absolute atomic E-state index is 0.134. The molecule has 0 saturated carbocycles. The van der Waals surface area contributed by atoms with Crippen LogP contribution in [0.4, 0.5) is 5.69 Å². The molecule has 0 heterocycles. The average molecular weight is 264 g/mol. The smallest absolute Gasteiger partial charge is 0.0632 e. The van der Waals surface area contributed by atoms with Crippen LogP contribution in [0.5, 0.6) is 0 Å². The number of anilines is 1. The molecule has 0 aromatic heterocycles. The molecule has 1 atom stereocenters. The highest BCUT2D eigenvalue weighted by Crippen LogP contribution is 2.22. The molecule has 19 heavy (non-hydrogen) atoms. The fourth-order valence-electron chi connectivity index (χ4n) is 1.95. The van der Waals surface area contributed by atoms with Gasteiger partial charge in [0, 0.05) is 30.9 Å². The van der Waals surface area contributed by atoms with E-state index in [0.717, 1.165) is 6.54 Å². The van der Waals surface area contributed by atoms with Crippen LogP contribution in [0.15, 0.2) is 18.2 Å². The number of aliphatic hydroxyl groups excluding tert-OH is 1. The van der Waals surface area contributed by atoms with Crippen molar-refractivity contribution >= 4 is 5.69 Å². The normalized spacial score (nSPS) is 13.4. The number of nitrogens with one attached hydrogen (secondary N) is 1. The second-order valence-corrected chi connectivity index (χ2v) is 6.37. The average Bonchev–Trinajstić information content (AvgIpc) is 2.34. The number of likely N-dealkylation sites (N-methyl/N-ethyl adjacent to an activating group) is 1. The summed E-state index contributed by atoms with van der Waals surface area (Å²) in [7, 11) is 2.02. The van der Waals surface area contributed by atoms with E-state index < -0.39 is 0 Å². The Balaban J connectivity index is 2.80. The van der Waals surface area contributed by atoms with Crippen LogP contribution in [0.2, 0.25) is 0 Å². The van der Waals surface area contributed by atoms with Crippen molar-refractivity contribution in [2.24, 2.45) is 0 Å². The van der Waals surface area contributed by atoms with Crippen LogP contribution in [0.3, 0.4) is 0 Å². The van der Waals surface area contributed by atoms with Crippen molar-refractivity contribution in [2.45, 2.75) is 52.7 Å². The summed E-state index contributed by atoms with van der Waals surface area (Å²) in [6.07, 6.45) is 0. The number of benzene rings is 1. The Morgan fingerprint density at radius 1 is 1.32 bits per heavy atom. The zero-order valence-corrected chi connectivity index (χ0v) is 13.1. The first-order chi connectivity index (χ1) is 8.74. The van der Waals surface area contributed by atoms with Gasteiger partial charge in [-0.15, -0.1) is 0 Å². The van der Waals surface area contributed by atoms with Crippen LogP contribution >= 0.6 is 0 Å². The lowest BCUT2D eigenvalue weighted by atomic mass is 10.1. The van der Waals surface area contributed by atoms with Crippen molar-refractivity contribution in [1.29, 1.82) is 0 Å². The zero-order chi connectivity index (χ0) is 14.6. The van der Waals surface area contributed by atoms with Gasteiger partial charge in [0.15, 0.2) is 0 Å². The monoisotopic (exact) mass is 264 g/mol. The molecule has 3 nitrogen and oxygen atoms in total. The summed E-state index contributed by atoms with van der Waals surface area (Å²) in [6.45, 7) is 11.7. The third kappa shape index (κ3) is 4.84. The van der Waals surface area contributed by atoms with Gasteiger partial charge in [-0.1, -0.05) is 12.1 Å². The van der Waals surface area contributed by atoms with Gasteiger partial charge < -0.3 is 15.3 Å². The van der Waals surface area contributed by atoms with Crippen LogP contribution < -0.4 is 10.2 Å². The van der Waals surface area contributed by atoms with Gasteiger partial charge in [0.05, 0.1) is 6.61 Å². The van der Waals surface area contributed by atoms with Crippen molar-refractivity contribution in [1.82, 2.24) is 5.32 Å². The molecule has 3 heteroatoms. The fourth-order valence-corrected chi connectivity index (χ4v) is 1.95. The molecule has 0 aliphatic rings. The molecule has 1 rings (SSSR count). The molecular formula is C16H28N2O. The lowest BCUT2D eigenvalue weighted by Crippen LogP contribution is -2.35. The van der Waals surface area contributed by atoms with E-state index in [2.05, 4.69) is 56.1 Å². The number of nitrogens with zero attached hydrogens (tertiary/aromatic N) is 1. The molecule has 1 unspecified atom stereocenters. The Kier molecular flexibility index (Phi) is 5.39. The zero-order valence-electron chi connectivity index (χ0n) is 13.1. The maximum Gasteiger partial charge on any atom is 0.0632 e. The van der Waals surface area contributed by atoms with Crippen LogP contribution in [0, 0.1) is 6.92 Å². The molecule has 0 radical (unpaired) electrons. The summed E-state index contributed by atoms with van der Waals surface area (Å²) in [6, 6.07) is 6.65. The van der Waals surface area contributed by atoms with E-state index in [4.69, 9.17) is 0 Å². The maximum absolute atomic E-state index is 9.23. The first-order valence-corrected chi connectivity index (χ1v) is 6.93. The second kappa shape index (κ2) is 6.40. The first kappa shape index (κ1) is 16.0. The van der Waals surface area contributed by atoms with Gasteiger partial charge in [0.25, 0.3) is 0 Å². The van der Waals surface area contributed by atoms with Crippen LogP contribution in [0.25, 0.3) is 0 Å². The van der Waals surface area contributed by atoms with Gasteiger partial charge in [-0.3, -0.25) is 0 Å². The molecule has 0 bridgehead atoms. The van der Waals surface area contributed by atoms with E-state index in [1.165, 1.54) is 16.8 Å². The minimum atomic E-state index is 0.134. The van der Waals surface area contributed by atoms with Gasteiger partial charge in [0.2, 0.25) is 0 Å². The van der Waals surface area contributed by atoms with E-state index in [9.17, 15) is 5.11 Å². The number of aliphatic hydroxyl groups is 1. The molecule has 0 aliphatic carbocycles. The molecule has 0 amide bonds. The van der Waals surface area contributed by atoms with Crippen molar-refractivity contribution < 1.29 is 5.11 Å². The van der Waals surface area contributed by atoms with E-state index in [-0.39, 0.29) is 18.2 Å². The molecule has 0 fully saturated rings. The molecule has 1 aromatic rings. The fraction of sp³-hybridized carbons (Fsp3) is 0.625. The Hall–Kier alpha value is -1.06. The number of rotatable bonds is 5. The summed E-state index contributed by atoms with van der Waals surface area (Å²) in [5.41, 5.74) is 3.85. The lowest BCUT2D eigenvalue weighted by Gasteiger charge is -2.27. The molecule has 2 N–H and O–H groups in total. The Morgan fingerprint density at radius 2 is 1.95 bits per heavy atom. The van der Waals surface area contributed by atoms with E-state index in [1.54, 1.807) is 0 Å². The number of hydrogen-bond acceptors (Lipinski definition) is 3. The summed E-state index contributed by atoms with van der Waals surface area (Å²) in [4.78, 5) is 2.12. The molecule has 1 aromatic carbocycles. The van der Waals surface area contributed by atoms with Crippen LogP contribution in [-0.2, 0) is 6.54 Å². The van der Waals surface area contributed by atoms with E-state index in [1.807, 2.05) is 14.0 Å². The van der Waals surface area contributed by atoms with Crippen molar-refractivity contribution in [3.8, 4) is 0 Å². The van der Waals surface area contributed by atoms with Crippen molar-refractivity contribution in [3.63, 3.8) is 0 Å². The standard InChI is InChI=1S/C16H28N2O/c1-12-9-14(10-17-16(3,4)5)7-8-15(12)18(6)13(2)11-19/h7-9,13,17,19H,10-11H2,1-6H3. The van der Waals surface area contributed by atoms with Gasteiger partial charge in [-0.05, 0) is 51.8 Å². The number of aryl methyl sites for hydroxylation is 1. The summed E-state index contributed by atoms with van der Waals surface area (Å²) >= 11 is 0. The SMILES string of the molecule is Cc1cc(CNC(C)(C)C)ccc1N(C)C(C)CO. The van der Waals surface area contributed by atoms with E-state index >= 15 is 0 Å². The largest absolute Gasteiger partial charge is 0.394 e. The molecule has 0 saturated heterocycles. The quantitative estimate of drug-likeness (QED) is 0.858. The summed E-state index contributed by atoms with van der Waals surface area (Å²) < 4.78 is 0. The molecule has 0 spiro atoms. The van der Waals surface area contributed by atoms with Gasteiger partial charge in [0.1, 0.15) is 0 Å². The van der Waals surface area contributed by atoms with Crippen LogP contribution in [-0.4, -0.2) is 30.3 Å². The minimum Gasteiger partial charge on any atom is -0.394 e. The van der Waals surface area contributed by atoms with Gasteiger partial charge in [-0.2, -0.15) is 0 Å². The maximum atomic E-state index is 9.23. The summed E-state index contributed by atoms with van der Waals surface area (Å²) in [5, 5.41) is 12.7. The second-order valence-electron chi connectivity index (χ2n) is 6.37. The Labute approximate surface area is 117 Å². The highest BCUT2D eigenvalue weighted by molar-refractivity contribution is 5.54. The third-order valence-electron chi connectivity index (χ3n) is 3.39. The highest BCUT2D eigenvalue weighted by atomic mass is 16.3.